The highest BCUT2D eigenvalue weighted by molar-refractivity contribution is 5.80. The highest BCUT2D eigenvalue weighted by atomic mass is 16.5. The van der Waals surface area contributed by atoms with E-state index < -0.39 is 0 Å². The van der Waals surface area contributed by atoms with E-state index in [9.17, 15) is 9.59 Å². The third-order valence-electron chi connectivity index (χ3n) is 4.01. The fourth-order valence-corrected chi connectivity index (χ4v) is 2.71. The molecule has 2 aliphatic heterocycles. The average molecular weight is 269 g/mol. The molecule has 0 aromatic heterocycles. The monoisotopic (exact) mass is 269 g/mol. The zero-order valence-corrected chi connectivity index (χ0v) is 11.4. The average Bonchev–Trinajstić information content (AvgIpc) is 2.82. The first-order valence-corrected chi connectivity index (χ1v) is 6.94. The van der Waals surface area contributed by atoms with Gasteiger partial charge < -0.3 is 20.7 Å². The molecule has 3 N–H and O–H groups in total. The van der Waals surface area contributed by atoms with E-state index >= 15 is 0 Å². The van der Waals surface area contributed by atoms with Gasteiger partial charge in [-0.05, 0) is 18.8 Å². The summed E-state index contributed by atoms with van der Waals surface area (Å²) in [4.78, 5) is 25.0. The minimum absolute atomic E-state index is 0.00702. The van der Waals surface area contributed by atoms with Crippen LogP contribution >= 0.6 is 0 Å². The Bertz CT molecular complexity index is 340. The molecule has 19 heavy (non-hydrogen) atoms. The van der Waals surface area contributed by atoms with Crippen LogP contribution in [-0.4, -0.2) is 55.6 Å². The maximum atomic E-state index is 12.3. The smallest absolute Gasteiger partial charge is 0.229 e. The van der Waals surface area contributed by atoms with Crippen LogP contribution in [0.15, 0.2) is 0 Å². The van der Waals surface area contributed by atoms with Crippen LogP contribution in [0.4, 0.5) is 0 Å². The highest BCUT2D eigenvalue weighted by Crippen LogP contribution is 2.21. The molecule has 2 heterocycles. The zero-order chi connectivity index (χ0) is 13.8. The number of carbonyl (C=O) groups excluding carboxylic acids is 2. The zero-order valence-electron chi connectivity index (χ0n) is 11.4. The van der Waals surface area contributed by atoms with Gasteiger partial charge in [-0.3, -0.25) is 9.59 Å². The van der Waals surface area contributed by atoms with Crippen LogP contribution in [0.25, 0.3) is 0 Å². The van der Waals surface area contributed by atoms with Gasteiger partial charge in [0.25, 0.3) is 0 Å². The van der Waals surface area contributed by atoms with Crippen molar-refractivity contribution in [1.29, 1.82) is 0 Å². The summed E-state index contributed by atoms with van der Waals surface area (Å²) >= 11 is 0. The molecule has 108 valence electrons. The van der Waals surface area contributed by atoms with Crippen molar-refractivity contribution in [2.75, 3.05) is 32.8 Å². The number of hydrogen-bond acceptors (Lipinski definition) is 4. The van der Waals surface area contributed by atoms with Crippen LogP contribution in [0, 0.1) is 11.8 Å². The quantitative estimate of drug-likeness (QED) is 0.712. The number of hydrogen-bond donors (Lipinski definition) is 2. The van der Waals surface area contributed by atoms with Crippen molar-refractivity contribution < 1.29 is 14.3 Å². The van der Waals surface area contributed by atoms with Gasteiger partial charge in [-0.1, -0.05) is 0 Å². The van der Waals surface area contributed by atoms with Crippen molar-refractivity contribution in [3.8, 4) is 0 Å². The topological polar surface area (TPSA) is 84.7 Å². The highest BCUT2D eigenvalue weighted by Gasteiger charge is 2.35. The van der Waals surface area contributed by atoms with Gasteiger partial charge in [-0.2, -0.15) is 0 Å². The summed E-state index contributed by atoms with van der Waals surface area (Å²) in [7, 11) is 0. The number of rotatable bonds is 3. The van der Waals surface area contributed by atoms with Gasteiger partial charge >= 0.3 is 0 Å². The first-order chi connectivity index (χ1) is 9.08. The lowest BCUT2D eigenvalue weighted by molar-refractivity contribution is -0.137. The predicted molar refractivity (Wildman–Crippen MR) is 70.3 cm³/mol. The number of nitrogens with zero attached hydrogens (tertiary/aromatic N) is 1. The van der Waals surface area contributed by atoms with Crippen molar-refractivity contribution in [2.45, 2.75) is 25.8 Å². The molecule has 2 atom stereocenters. The van der Waals surface area contributed by atoms with E-state index in [4.69, 9.17) is 10.5 Å². The maximum Gasteiger partial charge on any atom is 0.229 e. The van der Waals surface area contributed by atoms with Crippen LogP contribution in [-0.2, 0) is 14.3 Å². The molecule has 0 aromatic rings. The Hall–Kier alpha value is -1.14. The van der Waals surface area contributed by atoms with E-state index in [2.05, 4.69) is 5.32 Å². The first kappa shape index (κ1) is 14.3. The van der Waals surface area contributed by atoms with E-state index in [0.29, 0.717) is 25.7 Å². The summed E-state index contributed by atoms with van der Waals surface area (Å²) in [6.07, 6.45) is 1.88. The number of piperidine rings is 1. The van der Waals surface area contributed by atoms with E-state index in [1.165, 1.54) is 6.92 Å². The molecule has 0 spiro atoms. The third kappa shape index (κ3) is 3.67. The SMILES string of the molecule is CC(=O)NCC1CCN(C(=O)C2COCC2N)CC1. The number of likely N-dealkylation sites (tertiary alicyclic amines) is 1. The Kier molecular flexibility index (Phi) is 4.76. The molecule has 0 saturated carbocycles. The minimum atomic E-state index is -0.174. The molecule has 0 bridgehead atoms. The molecule has 6 nitrogen and oxygen atoms in total. The Balaban J connectivity index is 1.76. The Morgan fingerprint density at radius 3 is 2.53 bits per heavy atom. The van der Waals surface area contributed by atoms with Gasteiger partial charge in [0.2, 0.25) is 11.8 Å². The van der Waals surface area contributed by atoms with E-state index in [1.54, 1.807) is 0 Å². The van der Waals surface area contributed by atoms with Crippen molar-refractivity contribution in [3.05, 3.63) is 0 Å². The second kappa shape index (κ2) is 6.34. The van der Waals surface area contributed by atoms with Gasteiger partial charge in [0, 0.05) is 32.6 Å². The second-order valence-corrected chi connectivity index (χ2v) is 5.51. The van der Waals surface area contributed by atoms with Crippen molar-refractivity contribution >= 4 is 11.8 Å². The van der Waals surface area contributed by atoms with Gasteiger partial charge in [0.1, 0.15) is 0 Å². The van der Waals surface area contributed by atoms with Gasteiger partial charge in [-0.15, -0.1) is 0 Å². The molecule has 0 aromatic carbocycles. The fraction of sp³-hybridized carbons (Fsp3) is 0.846. The number of amides is 2. The van der Waals surface area contributed by atoms with Crippen molar-refractivity contribution in [3.63, 3.8) is 0 Å². The summed E-state index contributed by atoms with van der Waals surface area (Å²) in [6.45, 7) is 4.68. The Labute approximate surface area is 113 Å². The Morgan fingerprint density at radius 2 is 2.00 bits per heavy atom. The second-order valence-electron chi connectivity index (χ2n) is 5.51. The standard InChI is InChI=1S/C13H23N3O3/c1-9(17)15-6-10-2-4-16(5-3-10)13(18)11-7-19-8-12(11)14/h10-12H,2-8,14H2,1H3,(H,15,17). The van der Waals surface area contributed by atoms with E-state index in [-0.39, 0.29) is 23.8 Å². The number of nitrogens with two attached hydrogens (primary N) is 1. The van der Waals surface area contributed by atoms with Crippen LogP contribution < -0.4 is 11.1 Å². The Morgan fingerprint density at radius 1 is 1.32 bits per heavy atom. The molecule has 6 heteroatoms. The van der Waals surface area contributed by atoms with Crippen molar-refractivity contribution in [1.82, 2.24) is 10.2 Å². The third-order valence-corrected chi connectivity index (χ3v) is 4.01. The van der Waals surface area contributed by atoms with Crippen LogP contribution in [0.1, 0.15) is 19.8 Å². The largest absolute Gasteiger partial charge is 0.379 e. The molecule has 2 saturated heterocycles. The predicted octanol–water partition coefficient (Wildman–Crippen LogP) is -0.665. The molecule has 2 rings (SSSR count). The number of ether oxygens (including phenoxy) is 1. The molecular weight excluding hydrogens is 246 g/mol. The number of carbonyl (C=O) groups is 2. The molecule has 2 amide bonds. The maximum absolute atomic E-state index is 12.3. The normalized spacial score (nSPS) is 28.4. The summed E-state index contributed by atoms with van der Waals surface area (Å²) in [6, 6.07) is -0.162. The molecule has 2 aliphatic rings. The van der Waals surface area contributed by atoms with Crippen LogP contribution in [0.2, 0.25) is 0 Å². The lowest BCUT2D eigenvalue weighted by atomic mass is 9.94. The molecule has 0 radical (unpaired) electrons. The summed E-state index contributed by atoms with van der Waals surface area (Å²) < 4.78 is 5.25. The number of nitrogens with one attached hydrogen (secondary N) is 1. The molecule has 2 fully saturated rings. The van der Waals surface area contributed by atoms with E-state index in [0.717, 1.165) is 25.9 Å². The van der Waals surface area contributed by atoms with E-state index in [1.807, 2.05) is 4.90 Å². The van der Waals surface area contributed by atoms with Gasteiger partial charge in [0.05, 0.1) is 19.1 Å². The van der Waals surface area contributed by atoms with Crippen LogP contribution in [0.5, 0.6) is 0 Å². The summed E-state index contributed by atoms with van der Waals surface area (Å²) in [5, 5.41) is 2.84. The lowest BCUT2D eigenvalue weighted by Gasteiger charge is -2.34. The summed E-state index contributed by atoms with van der Waals surface area (Å²) in [5.41, 5.74) is 5.87. The fourth-order valence-electron chi connectivity index (χ4n) is 2.71. The molecule has 2 unspecified atom stereocenters. The van der Waals surface area contributed by atoms with Crippen LogP contribution in [0.3, 0.4) is 0 Å². The lowest BCUT2D eigenvalue weighted by Crippen LogP contribution is -2.47. The van der Waals surface area contributed by atoms with Crippen molar-refractivity contribution in [2.24, 2.45) is 17.6 Å². The first-order valence-electron chi connectivity index (χ1n) is 6.94. The molecular formula is C13H23N3O3. The molecule has 0 aliphatic carbocycles. The van der Waals surface area contributed by atoms with Gasteiger partial charge in [0.15, 0.2) is 0 Å². The van der Waals surface area contributed by atoms with Gasteiger partial charge in [-0.25, -0.2) is 0 Å². The minimum Gasteiger partial charge on any atom is -0.379 e. The summed E-state index contributed by atoms with van der Waals surface area (Å²) in [5.74, 6) is 0.434.